The molecule has 0 saturated carbocycles. The summed E-state index contributed by atoms with van der Waals surface area (Å²) >= 11 is 0. The van der Waals surface area contributed by atoms with E-state index in [0.717, 1.165) is 81.2 Å². The van der Waals surface area contributed by atoms with E-state index in [-0.39, 0.29) is 5.91 Å². The van der Waals surface area contributed by atoms with Gasteiger partial charge in [-0.3, -0.25) is 9.69 Å². The SMILES string of the molecule is C[C@@H]1CC[C@@H](C)N1C(=O)c1ccc(-c2ccc(OCCCN3CCOCC3)cc2)cc1. The van der Waals surface area contributed by atoms with E-state index in [2.05, 4.69) is 30.9 Å². The maximum atomic E-state index is 12.9. The molecule has 2 saturated heterocycles. The number of benzene rings is 2. The van der Waals surface area contributed by atoms with Gasteiger partial charge in [0.1, 0.15) is 5.75 Å². The quantitative estimate of drug-likeness (QED) is 0.618. The molecule has 166 valence electrons. The van der Waals surface area contributed by atoms with Crippen LogP contribution in [0.5, 0.6) is 5.75 Å². The molecule has 0 radical (unpaired) electrons. The van der Waals surface area contributed by atoms with Crippen molar-refractivity contribution in [1.82, 2.24) is 9.80 Å². The minimum atomic E-state index is 0.143. The first kappa shape index (κ1) is 21.8. The third kappa shape index (κ3) is 5.46. The molecule has 1 amide bonds. The third-order valence-electron chi connectivity index (χ3n) is 6.50. The second kappa shape index (κ2) is 10.3. The molecule has 2 aliphatic heterocycles. The van der Waals surface area contributed by atoms with Gasteiger partial charge >= 0.3 is 0 Å². The molecule has 0 bridgehead atoms. The summed E-state index contributed by atoms with van der Waals surface area (Å²) < 4.78 is 11.3. The summed E-state index contributed by atoms with van der Waals surface area (Å²) in [5, 5.41) is 0. The number of ether oxygens (including phenoxy) is 2. The molecule has 5 heteroatoms. The van der Waals surface area contributed by atoms with Gasteiger partial charge in [0, 0.05) is 37.3 Å². The van der Waals surface area contributed by atoms with Crippen LogP contribution >= 0.6 is 0 Å². The molecule has 0 aliphatic carbocycles. The average Bonchev–Trinajstić information content (AvgIpc) is 3.15. The number of carbonyl (C=O) groups excluding carboxylic acids is 1. The van der Waals surface area contributed by atoms with Crippen LogP contribution in [0.3, 0.4) is 0 Å². The third-order valence-corrected chi connectivity index (χ3v) is 6.50. The minimum absolute atomic E-state index is 0.143. The summed E-state index contributed by atoms with van der Waals surface area (Å²) in [4.78, 5) is 17.3. The van der Waals surface area contributed by atoms with Gasteiger partial charge in [0.2, 0.25) is 0 Å². The van der Waals surface area contributed by atoms with E-state index in [1.165, 1.54) is 0 Å². The molecule has 2 fully saturated rings. The molecule has 0 N–H and O–H groups in total. The molecule has 0 aromatic heterocycles. The maximum Gasteiger partial charge on any atom is 0.254 e. The van der Waals surface area contributed by atoms with Gasteiger partial charge < -0.3 is 14.4 Å². The number of rotatable bonds is 7. The number of likely N-dealkylation sites (tertiary alicyclic amines) is 1. The highest BCUT2D eigenvalue weighted by Gasteiger charge is 2.31. The van der Waals surface area contributed by atoms with E-state index in [1.54, 1.807) is 0 Å². The summed E-state index contributed by atoms with van der Waals surface area (Å²) in [7, 11) is 0. The van der Waals surface area contributed by atoms with Gasteiger partial charge in [0.25, 0.3) is 5.91 Å². The lowest BCUT2D eigenvalue weighted by Crippen LogP contribution is -2.38. The van der Waals surface area contributed by atoms with Gasteiger partial charge in [-0.05, 0) is 68.5 Å². The number of morpholine rings is 1. The smallest absolute Gasteiger partial charge is 0.254 e. The number of hydrogen-bond donors (Lipinski definition) is 0. The van der Waals surface area contributed by atoms with Crippen molar-refractivity contribution >= 4 is 5.91 Å². The van der Waals surface area contributed by atoms with E-state index >= 15 is 0 Å². The van der Waals surface area contributed by atoms with Crippen molar-refractivity contribution in [2.45, 2.75) is 45.2 Å². The number of nitrogens with zero attached hydrogens (tertiary/aromatic N) is 2. The Morgan fingerprint density at radius 1 is 0.935 bits per heavy atom. The highest BCUT2D eigenvalue weighted by Crippen LogP contribution is 2.27. The van der Waals surface area contributed by atoms with Crippen LogP contribution in [0.25, 0.3) is 11.1 Å². The Kier molecular flexibility index (Phi) is 7.25. The van der Waals surface area contributed by atoms with Crippen LogP contribution < -0.4 is 4.74 Å². The Morgan fingerprint density at radius 2 is 1.52 bits per heavy atom. The van der Waals surface area contributed by atoms with Crippen molar-refractivity contribution in [3.63, 3.8) is 0 Å². The summed E-state index contributed by atoms with van der Waals surface area (Å²) in [6.07, 6.45) is 3.20. The number of carbonyl (C=O) groups is 1. The molecular formula is C26H34N2O3. The summed E-state index contributed by atoms with van der Waals surface area (Å²) in [5.41, 5.74) is 3.00. The topological polar surface area (TPSA) is 42.0 Å². The summed E-state index contributed by atoms with van der Waals surface area (Å²) in [6.45, 7) is 9.79. The molecule has 2 aromatic carbocycles. The van der Waals surface area contributed by atoms with Crippen molar-refractivity contribution in [3.05, 3.63) is 54.1 Å². The Hall–Kier alpha value is -2.37. The minimum Gasteiger partial charge on any atom is -0.494 e. The number of hydrogen-bond acceptors (Lipinski definition) is 4. The second-order valence-corrected chi connectivity index (χ2v) is 8.75. The molecule has 4 rings (SSSR count). The van der Waals surface area contributed by atoms with Crippen LogP contribution in [0.2, 0.25) is 0 Å². The molecule has 2 aromatic rings. The van der Waals surface area contributed by atoms with Gasteiger partial charge in [0.05, 0.1) is 19.8 Å². The van der Waals surface area contributed by atoms with Crippen LogP contribution in [0, 0.1) is 0 Å². The molecule has 5 nitrogen and oxygen atoms in total. The zero-order chi connectivity index (χ0) is 21.6. The first-order chi connectivity index (χ1) is 15.1. The lowest BCUT2D eigenvalue weighted by atomic mass is 10.0. The lowest BCUT2D eigenvalue weighted by Gasteiger charge is -2.26. The van der Waals surface area contributed by atoms with Gasteiger partial charge in [0.15, 0.2) is 0 Å². The zero-order valence-corrected chi connectivity index (χ0v) is 18.8. The Morgan fingerprint density at radius 3 is 2.13 bits per heavy atom. The first-order valence-electron chi connectivity index (χ1n) is 11.6. The van der Waals surface area contributed by atoms with Crippen LogP contribution in [-0.2, 0) is 4.74 Å². The Bertz CT molecular complexity index is 834. The number of amides is 1. The van der Waals surface area contributed by atoms with Crippen LogP contribution in [-0.4, -0.2) is 67.2 Å². The lowest BCUT2D eigenvalue weighted by molar-refractivity contribution is 0.0358. The van der Waals surface area contributed by atoms with Crippen LogP contribution in [0.1, 0.15) is 43.5 Å². The highest BCUT2D eigenvalue weighted by molar-refractivity contribution is 5.95. The molecule has 2 heterocycles. The standard InChI is InChI=1S/C26H34N2O3/c1-20-4-5-21(2)28(20)26(29)24-8-6-22(7-9-24)23-10-12-25(13-11-23)31-17-3-14-27-15-18-30-19-16-27/h6-13,20-21H,3-5,14-19H2,1-2H3/t20-,21-/m1/s1. The first-order valence-corrected chi connectivity index (χ1v) is 11.6. The largest absolute Gasteiger partial charge is 0.494 e. The Balaban J connectivity index is 1.29. The maximum absolute atomic E-state index is 12.9. The highest BCUT2D eigenvalue weighted by atomic mass is 16.5. The monoisotopic (exact) mass is 422 g/mol. The predicted molar refractivity (Wildman–Crippen MR) is 124 cm³/mol. The normalized spacial score (nSPS) is 21.9. The van der Waals surface area contributed by atoms with Crippen molar-refractivity contribution in [1.29, 1.82) is 0 Å². The van der Waals surface area contributed by atoms with Crippen LogP contribution in [0.15, 0.2) is 48.5 Å². The van der Waals surface area contributed by atoms with Crippen molar-refractivity contribution in [2.75, 3.05) is 39.5 Å². The molecule has 2 atom stereocenters. The molecule has 0 unspecified atom stereocenters. The van der Waals surface area contributed by atoms with Gasteiger partial charge in [-0.25, -0.2) is 0 Å². The van der Waals surface area contributed by atoms with Gasteiger partial charge in [-0.15, -0.1) is 0 Å². The summed E-state index contributed by atoms with van der Waals surface area (Å²) in [6, 6.07) is 16.8. The van der Waals surface area contributed by atoms with E-state index in [0.29, 0.717) is 12.1 Å². The van der Waals surface area contributed by atoms with E-state index in [1.807, 2.05) is 41.3 Å². The van der Waals surface area contributed by atoms with Crippen molar-refractivity contribution in [3.8, 4) is 16.9 Å². The van der Waals surface area contributed by atoms with Crippen molar-refractivity contribution < 1.29 is 14.3 Å². The zero-order valence-electron chi connectivity index (χ0n) is 18.8. The molecule has 0 spiro atoms. The molecule has 31 heavy (non-hydrogen) atoms. The van der Waals surface area contributed by atoms with Crippen LogP contribution in [0.4, 0.5) is 0 Å². The summed E-state index contributed by atoms with van der Waals surface area (Å²) in [5.74, 6) is 1.04. The van der Waals surface area contributed by atoms with Gasteiger partial charge in [-0.2, -0.15) is 0 Å². The van der Waals surface area contributed by atoms with Gasteiger partial charge in [-0.1, -0.05) is 24.3 Å². The van der Waals surface area contributed by atoms with E-state index < -0.39 is 0 Å². The fourth-order valence-corrected chi connectivity index (χ4v) is 4.60. The van der Waals surface area contributed by atoms with E-state index in [4.69, 9.17) is 9.47 Å². The molecule has 2 aliphatic rings. The average molecular weight is 423 g/mol. The second-order valence-electron chi connectivity index (χ2n) is 8.75. The fraction of sp³-hybridized carbons (Fsp3) is 0.500. The van der Waals surface area contributed by atoms with E-state index in [9.17, 15) is 4.79 Å². The molecular weight excluding hydrogens is 388 g/mol. The Labute approximate surface area is 185 Å². The van der Waals surface area contributed by atoms with Crippen molar-refractivity contribution in [2.24, 2.45) is 0 Å². The predicted octanol–water partition coefficient (Wildman–Crippen LogP) is 4.47. The fourth-order valence-electron chi connectivity index (χ4n) is 4.60.